The van der Waals surface area contributed by atoms with Gasteiger partial charge in [0.1, 0.15) is 6.10 Å². The Kier molecular flexibility index (Phi) is 4.49. The van der Waals surface area contributed by atoms with Crippen LogP contribution in [0.2, 0.25) is 0 Å². The molecule has 5 aliphatic carbocycles. The van der Waals surface area contributed by atoms with E-state index < -0.39 is 12.2 Å². The molecule has 0 radical (unpaired) electrons. The number of benzene rings is 1. The highest BCUT2D eigenvalue weighted by Gasteiger charge is 2.65. The number of aromatic nitrogens is 1. The average Bonchev–Trinajstić information content (AvgIpc) is 3.37. The van der Waals surface area contributed by atoms with Crippen LogP contribution >= 0.6 is 0 Å². The monoisotopic (exact) mass is 468 g/mol. The number of fused-ring (bicyclic) bond motifs is 2. The summed E-state index contributed by atoms with van der Waals surface area (Å²) < 4.78 is 0. The van der Waals surface area contributed by atoms with E-state index in [2.05, 4.69) is 59.3 Å². The molecule has 0 saturated heterocycles. The van der Waals surface area contributed by atoms with Gasteiger partial charge in [-0.15, -0.1) is 0 Å². The molecule has 7 rings (SSSR count). The number of rotatable bonds is 2. The quantitative estimate of drug-likeness (QED) is 0.642. The number of pyridine rings is 1. The Bertz CT molecular complexity index is 1320. The second kappa shape index (κ2) is 7.15. The molecule has 2 spiro atoms. The summed E-state index contributed by atoms with van der Waals surface area (Å²) in [6, 6.07) is 8.95. The molecule has 182 valence electrons. The maximum Gasteiger partial charge on any atom is 0.103 e. The number of hydrogen-bond acceptors (Lipinski definition) is 4. The molecule has 5 aliphatic rings. The summed E-state index contributed by atoms with van der Waals surface area (Å²) in [6.45, 7) is 2.50. The fourth-order valence-corrected chi connectivity index (χ4v) is 9.08. The molecule has 4 nitrogen and oxygen atoms in total. The summed E-state index contributed by atoms with van der Waals surface area (Å²) in [5.74, 6) is 0.577. The van der Waals surface area contributed by atoms with Crippen LogP contribution in [-0.2, 0) is 0 Å². The summed E-state index contributed by atoms with van der Waals surface area (Å²) in [5.41, 5.74) is 5.69. The molecule has 2 saturated carbocycles. The van der Waals surface area contributed by atoms with Crippen molar-refractivity contribution in [3.05, 3.63) is 71.6 Å². The first-order valence-electron chi connectivity index (χ1n) is 13.3. The first-order chi connectivity index (χ1) is 16.8. The fourth-order valence-electron chi connectivity index (χ4n) is 9.08. The lowest BCUT2D eigenvalue weighted by molar-refractivity contribution is -0.0631. The molecule has 1 aromatic carbocycles. The van der Waals surface area contributed by atoms with Crippen molar-refractivity contribution < 1.29 is 10.2 Å². The van der Waals surface area contributed by atoms with Gasteiger partial charge in [-0.25, -0.2) is 0 Å². The number of likely N-dealkylation sites (N-methyl/N-ethyl adjacent to an activating group) is 1. The maximum atomic E-state index is 11.2. The van der Waals surface area contributed by atoms with Gasteiger partial charge in [0, 0.05) is 29.2 Å². The highest BCUT2D eigenvalue weighted by molar-refractivity contribution is 5.87. The van der Waals surface area contributed by atoms with Crippen molar-refractivity contribution in [1.29, 1.82) is 0 Å². The van der Waals surface area contributed by atoms with Crippen molar-refractivity contribution in [1.82, 2.24) is 9.88 Å². The van der Waals surface area contributed by atoms with Gasteiger partial charge in [-0.2, -0.15) is 0 Å². The van der Waals surface area contributed by atoms with E-state index in [1.165, 1.54) is 33.9 Å². The molecule has 0 amide bonds. The number of hydrogen-bond donors (Lipinski definition) is 2. The van der Waals surface area contributed by atoms with E-state index in [4.69, 9.17) is 0 Å². The van der Waals surface area contributed by atoms with Crippen molar-refractivity contribution in [2.24, 2.45) is 22.2 Å². The number of allylic oxidation sites excluding steroid dienone is 5. The zero-order valence-corrected chi connectivity index (χ0v) is 21.0. The van der Waals surface area contributed by atoms with Crippen LogP contribution in [0.5, 0.6) is 0 Å². The summed E-state index contributed by atoms with van der Waals surface area (Å²) in [4.78, 5) is 6.47. The molecule has 7 atom stereocenters. The Morgan fingerprint density at radius 1 is 1.06 bits per heavy atom. The van der Waals surface area contributed by atoms with Gasteiger partial charge < -0.3 is 15.1 Å². The number of aliphatic hydroxyl groups is 2. The molecule has 2 aromatic rings. The number of aliphatic hydroxyl groups excluding tert-OH is 2. The smallest absolute Gasteiger partial charge is 0.103 e. The van der Waals surface area contributed by atoms with Crippen LogP contribution in [0.25, 0.3) is 16.3 Å². The van der Waals surface area contributed by atoms with Gasteiger partial charge in [0.25, 0.3) is 0 Å². The van der Waals surface area contributed by atoms with Crippen LogP contribution in [0.3, 0.4) is 0 Å². The Balaban J connectivity index is 1.30. The van der Waals surface area contributed by atoms with Crippen LogP contribution in [0, 0.1) is 22.2 Å². The summed E-state index contributed by atoms with van der Waals surface area (Å²) >= 11 is 0. The highest BCUT2D eigenvalue weighted by atomic mass is 16.3. The predicted molar refractivity (Wildman–Crippen MR) is 140 cm³/mol. The molecular formula is C31H36N2O2. The van der Waals surface area contributed by atoms with E-state index in [0.29, 0.717) is 5.92 Å². The third-order valence-electron chi connectivity index (χ3n) is 10.8. The Labute approximate surface area is 208 Å². The largest absolute Gasteiger partial charge is 0.388 e. The van der Waals surface area contributed by atoms with Crippen molar-refractivity contribution in [3.63, 3.8) is 0 Å². The summed E-state index contributed by atoms with van der Waals surface area (Å²) in [7, 11) is 4.07. The zero-order valence-electron chi connectivity index (χ0n) is 21.0. The molecule has 35 heavy (non-hydrogen) atoms. The molecule has 1 aromatic heterocycles. The van der Waals surface area contributed by atoms with Gasteiger partial charge in [-0.3, -0.25) is 4.98 Å². The average molecular weight is 469 g/mol. The summed E-state index contributed by atoms with van der Waals surface area (Å²) in [6.07, 6.45) is 16.2. The lowest BCUT2D eigenvalue weighted by Crippen LogP contribution is -2.57. The molecule has 0 unspecified atom stereocenters. The van der Waals surface area contributed by atoms with Gasteiger partial charge in [-0.05, 0) is 109 Å². The minimum atomic E-state index is -0.759. The molecule has 1 heterocycles. The molecular weight excluding hydrogens is 432 g/mol. The van der Waals surface area contributed by atoms with Crippen LogP contribution in [0.1, 0.15) is 51.0 Å². The van der Waals surface area contributed by atoms with E-state index in [9.17, 15) is 10.2 Å². The SMILES string of the molecule is CN(C)[C@H]1C[C@@]23CC[C@@]4(C2)C(=CC[C@]2(C)C(c5ccc6ccncc6c5)=CC[C@@H]42)C=C3[C@@H](O)[C@@H]1O. The van der Waals surface area contributed by atoms with E-state index >= 15 is 0 Å². The standard InChI is InChI=1S/C31H36N2O2/c1-29-10-8-22-15-24-27(34)28(35)25(33(2)3)16-30(24)11-12-31(22,18-30)26(29)7-6-23(29)20-5-4-19-9-13-32-17-21(19)14-20/h4-6,8-9,13-15,17,25-28,34-35H,7,10-12,16,18H2,1-3H3/t25-,26+,27+,28+,29+,30-,31+/m0/s1. The lowest BCUT2D eigenvalue weighted by Gasteiger charge is -2.56. The minimum absolute atomic E-state index is 0.00118. The van der Waals surface area contributed by atoms with Gasteiger partial charge in [0.2, 0.25) is 0 Å². The Morgan fingerprint density at radius 2 is 1.91 bits per heavy atom. The third kappa shape index (κ3) is 2.76. The highest BCUT2D eigenvalue weighted by Crippen LogP contribution is 2.74. The number of nitrogens with zero attached hydrogens (tertiary/aromatic N) is 2. The van der Waals surface area contributed by atoms with Crippen molar-refractivity contribution in [2.45, 2.75) is 63.7 Å². The van der Waals surface area contributed by atoms with Crippen molar-refractivity contribution >= 4 is 16.3 Å². The lowest BCUT2D eigenvalue weighted by atomic mass is 9.49. The Morgan fingerprint density at radius 3 is 2.74 bits per heavy atom. The van der Waals surface area contributed by atoms with E-state index in [1.807, 2.05) is 26.5 Å². The maximum absolute atomic E-state index is 11.2. The molecule has 2 bridgehead atoms. The van der Waals surface area contributed by atoms with Gasteiger partial charge in [0.05, 0.1) is 6.10 Å². The van der Waals surface area contributed by atoms with E-state index in [0.717, 1.165) is 37.7 Å². The van der Waals surface area contributed by atoms with Crippen LogP contribution in [-0.4, -0.2) is 52.4 Å². The van der Waals surface area contributed by atoms with Crippen LogP contribution < -0.4 is 0 Å². The van der Waals surface area contributed by atoms with E-state index in [1.54, 1.807) is 0 Å². The minimum Gasteiger partial charge on any atom is -0.388 e. The van der Waals surface area contributed by atoms with Gasteiger partial charge in [0.15, 0.2) is 0 Å². The second-order valence-electron chi connectivity index (χ2n) is 12.5. The third-order valence-corrected chi connectivity index (χ3v) is 10.8. The Hall–Kier alpha value is -2.27. The molecule has 2 N–H and O–H groups in total. The van der Waals surface area contributed by atoms with E-state index in [-0.39, 0.29) is 22.3 Å². The fraction of sp³-hybridized carbons (Fsp3) is 0.516. The van der Waals surface area contributed by atoms with Crippen molar-refractivity contribution in [2.75, 3.05) is 14.1 Å². The predicted octanol–water partition coefficient (Wildman–Crippen LogP) is 5.13. The van der Waals surface area contributed by atoms with Gasteiger partial charge >= 0.3 is 0 Å². The molecule has 0 aliphatic heterocycles. The first-order valence-corrected chi connectivity index (χ1v) is 13.3. The van der Waals surface area contributed by atoms with Crippen molar-refractivity contribution in [3.8, 4) is 0 Å². The molecule has 4 heteroatoms. The zero-order chi connectivity index (χ0) is 24.2. The summed E-state index contributed by atoms with van der Waals surface area (Å²) in [5, 5.41) is 24.6. The topological polar surface area (TPSA) is 56.6 Å². The second-order valence-corrected chi connectivity index (χ2v) is 12.5. The van der Waals surface area contributed by atoms with Crippen LogP contribution in [0.4, 0.5) is 0 Å². The first kappa shape index (κ1) is 22.0. The van der Waals surface area contributed by atoms with Gasteiger partial charge in [-0.1, -0.05) is 37.3 Å². The normalized spacial score (nSPS) is 41.7. The van der Waals surface area contributed by atoms with Crippen LogP contribution in [0.15, 0.2) is 66.0 Å². The molecule has 2 fully saturated rings.